The molecular formula is C16H19F3N2O5S. The van der Waals surface area contributed by atoms with E-state index in [0.29, 0.717) is 13.0 Å². The lowest BCUT2D eigenvalue weighted by atomic mass is 10.0. The Morgan fingerprint density at radius 3 is 2.56 bits per heavy atom. The number of rotatable bonds is 5. The van der Waals surface area contributed by atoms with Gasteiger partial charge in [0, 0.05) is 11.5 Å². The molecule has 1 aliphatic rings. The van der Waals surface area contributed by atoms with Crippen molar-refractivity contribution in [2.45, 2.75) is 29.6 Å². The lowest BCUT2D eigenvalue weighted by molar-refractivity contribution is -0.137. The van der Waals surface area contributed by atoms with Crippen molar-refractivity contribution in [2.24, 2.45) is 0 Å². The van der Waals surface area contributed by atoms with Crippen LogP contribution in [0.15, 0.2) is 17.0 Å². The van der Waals surface area contributed by atoms with E-state index in [1.807, 2.05) is 0 Å². The number of methoxy groups -OCH3 is 1. The minimum absolute atomic E-state index is 0.0291. The van der Waals surface area contributed by atoms with Gasteiger partial charge in [0.25, 0.3) is 5.91 Å². The number of hydrogen-bond donors (Lipinski definition) is 3. The first-order valence-electron chi connectivity index (χ1n) is 7.88. The van der Waals surface area contributed by atoms with E-state index in [1.165, 1.54) is 7.11 Å². The van der Waals surface area contributed by atoms with Crippen LogP contribution in [0.3, 0.4) is 0 Å². The van der Waals surface area contributed by atoms with E-state index in [9.17, 15) is 22.8 Å². The van der Waals surface area contributed by atoms with Crippen molar-refractivity contribution in [2.75, 3.05) is 26.6 Å². The standard InChI is InChI=1S/C16H19F3N2O5S/c1-25-11-5-8(16(17,18)19)6-12(27-2)13(11)14(22)20-9-3-4-26-7-10(9)21-15(23)24/h5-6,9-10,21H,3-4,7H2,1-2H3,(H,20,22)(H,23,24). The lowest BCUT2D eigenvalue weighted by Gasteiger charge is -2.32. The highest BCUT2D eigenvalue weighted by atomic mass is 32.2. The summed E-state index contributed by atoms with van der Waals surface area (Å²) in [4.78, 5) is 23.8. The Morgan fingerprint density at radius 2 is 2.00 bits per heavy atom. The fraction of sp³-hybridized carbons (Fsp3) is 0.500. The van der Waals surface area contributed by atoms with Gasteiger partial charge < -0.3 is 25.2 Å². The first-order chi connectivity index (χ1) is 12.7. The van der Waals surface area contributed by atoms with E-state index in [4.69, 9.17) is 14.6 Å². The molecule has 0 aromatic heterocycles. The fourth-order valence-electron chi connectivity index (χ4n) is 2.75. The summed E-state index contributed by atoms with van der Waals surface area (Å²) in [5.74, 6) is -0.851. The molecule has 1 saturated heterocycles. The predicted octanol–water partition coefficient (Wildman–Crippen LogP) is 2.59. The summed E-state index contributed by atoms with van der Waals surface area (Å²) >= 11 is 0.982. The molecule has 1 heterocycles. The van der Waals surface area contributed by atoms with Crippen molar-refractivity contribution < 1.29 is 37.3 Å². The molecule has 1 aliphatic heterocycles. The predicted molar refractivity (Wildman–Crippen MR) is 91.4 cm³/mol. The average molecular weight is 408 g/mol. The van der Waals surface area contributed by atoms with Gasteiger partial charge in [-0.2, -0.15) is 13.2 Å². The van der Waals surface area contributed by atoms with Crippen LogP contribution in [0.5, 0.6) is 5.75 Å². The maximum absolute atomic E-state index is 13.1. The Labute approximate surface area is 157 Å². The first kappa shape index (κ1) is 21.2. The molecule has 0 radical (unpaired) electrons. The van der Waals surface area contributed by atoms with Gasteiger partial charge in [-0.05, 0) is 24.8 Å². The topological polar surface area (TPSA) is 96.9 Å². The summed E-state index contributed by atoms with van der Waals surface area (Å²) in [6.07, 6.45) is -3.94. The monoisotopic (exact) mass is 408 g/mol. The van der Waals surface area contributed by atoms with Crippen LogP contribution in [0.1, 0.15) is 22.3 Å². The molecule has 0 aliphatic carbocycles. The Hall–Kier alpha value is -2.14. The average Bonchev–Trinajstić information content (AvgIpc) is 2.60. The minimum atomic E-state index is -4.58. The second-order valence-corrected chi connectivity index (χ2v) is 6.60. The minimum Gasteiger partial charge on any atom is -0.496 e. The number of alkyl halides is 3. The van der Waals surface area contributed by atoms with Crippen LogP contribution < -0.4 is 15.4 Å². The summed E-state index contributed by atoms with van der Waals surface area (Å²) < 4.78 is 49.4. The number of thioether (sulfide) groups is 1. The summed E-state index contributed by atoms with van der Waals surface area (Å²) in [7, 11) is 1.18. The second-order valence-electron chi connectivity index (χ2n) is 5.75. The normalized spacial score (nSPS) is 20.0. The number of carboxylic acid groups (broad SMARTS) is 1. The number of amides is 2. The number of halogens is 3. The molecule has 3 N–H and O–H groups in total. The van der Waals surface area contributed by atoms with Gasteiger partial charge in [0.15, 0.2) is 0 Å². The highest BCUT2D eigenvalue weighted by Gasteiger charge is 2.35. The smallest absolute Gasteiger partial charge is 0.416 e. The SMILES string of the molecule is COc1cc(C(F)(F)F)cc(SC)c1C(=O)NC1CCOCC1NC(=O)O. The summed E-state index contributed by atoms with van der Waals surface area (Å²) in [6, 6.07) is 0.424. The van der Waals surface area contributed by atoms with Gasteiger partial charge in [-0.1, -0.05) is 0 Å². The van der Waals surface area contributed by atoms with E-state index in [0.717, 1.165) is 23.9 Å². The molecule has 1 fully saturated rings. The molecule has 2 atom stereocenters. The maximum Gasteiger partial charge on any atom is 0.416 e. The van der Waals surface area contributed by atoms with Crippen molar-refractivity contribution in [3.8, 4) is 5.75 Å². The number of carbonyl (C=O) groups excluding carboxylic acids is 1. The molecule has 1 aromatic rings. The van der Waals surface area contributed by atoms with Gasteiger partial charge >= 0.3 is 12.3 Å². The van der Waals surface area contributed by atoms with Crippen LogP contribution in [-0.2, 0) is 10.9 Å². The lowest BCUT2D eigenvalue weighted by Crippen LogP contribution is -2.56. The Bertz CT molecular complexity index is 689. The third-order valence-electron chi connectivity index (χ3n) is 4.04. The molecule has 27 heavy (non-hydrogen) atoms. The molecule has 11 heteroatoms. The maximum atomic E-state index is 13.1. The number of benzene rings is 1. The number of carbonyl (C=O) groups is 2. The van der Waals surface area contributed by atoms with Crippen LogP contribution in [0, 0.1) is 0 Å². The molecule has 0 spiro atoms. The third kappa shape index (κ3) is 5.19. The van der Waals surface area contributed by atoms with Gasteiger partial charge in [-0.25, -0.2) is 4.79 Å². The van der Waals surface area contributed by atoms with E-state index < -0.39 is 35.8 Å². The van der Waals surface area contributed by atoms with Crippen molar-refractivity contribution in [3.63, 3.8) is 0 Å². The highest BCUT2D eigenvalue weighted by molar-refractivity contribution is 7.98. The number of nitrogens with one attached hydrogen (secondary N) is 2. The van der Waals surface area contributed by atoms with Crippen LogP contribution in [-0.4, -0.2) is 55.8 Å². The number of ether oxygens (including phenoxy) is 2. The molecule has 1 aromatic carbocycles. The van der Waals surface area contributed by atoms with Crippen molar-refractivity contribution in [1.82, 2.24) is 10.6 Å². The first-order valence-corrected chi connectivity index (χ1v) is 9.11. The molecule has 2 unspecified atom stereocenters. The van der Waals surface area contributed by atoms with Crippen LogP contribution in [0.25, 0.3) is 0 Å². The van der Waals surface area contributed by atoms with Crippen molar-refractivity contribution in [1.29, 1.82) is 0 Å². The van der Waals surface area contributed by atoms with Gasteiger partial charge in [0.2, 0.25) is 0 Å². The third-order valence-corrected chi connectivity index (χ3v) is 4.80. The zero-order valence-corrected chi connectivity index (χ0v) is 15.4. The van der Waals surface area contributed by atoms with Gasteiger partial charge in [0.1, 0.15) is 5.75 Å². The van der Waals surface area contributed by atoms with Crippen LogP contribution >= 0.6 is 11.8 Å². The van der Waals surface area contributed by atoms with E-state index in [1.54, 1.807) is 6.26 Å². The van der Waals surface area contributed by atoms with E-state index in [-0.39, 0.29) is 22.8 Å². The molecule has 0 bridgehead atoms. The largest absolute Gasteiger partial charge is 0.496 e. The Balaban J connectivity index is 2.32. The van der Waals surface area contributed by atoms with Crippen molar-refractivity contribution >= 4 is 23.8 Å². The van der Waals surface area contributed by atoms with Gasteiger partial charge in [0.05, 0.1) is 36.9 Å². The van der Waals surface area contributed by atoms with Gasteiger partial charge in [-0.15, -0.1) is 11.8 Å². The zero-order chi connectivity index (χ0) is 20.2. The summed E-state index contributed by atoms with van der Waals surface area (Å²) in [5, 5.41) is 13.8. The van der Waals surface area contributed by atoms with Gasteiger partial charge in [-0.3, -0.25) is 4.79 Å². The van der Waals surface area contributed by atoms with Crippen LogP contribution in [0.4, 0.5) is 18.0 Å². The fourth-order valence-corrected chi connectivity index (χ4v) is 3.39. The molecular weight excluding hydrogens is 389 g/mol. The molecule has 150 valence electrons. The van der Waals surface area contributed by atoms with E-state index >= 15 is 0 Å². The quantitative estimate of drug-likeness (QED) is 0.648. The second kappa shape index (κ2) is 8.70. The summed E-state index contributed by atoms with van der Waals surface area (Å²) in [5.41, 5.74) is -0.949. The Kier molecular flexibility index (Phi) is 6.82. The molecule has 2 rings (SSSR count). The van der Waals surface area contributed by atoms with E-state index in [2.05, 4.69) is 10.6 Å². The number of hydrogen-bond acceptors (Lipinski definition) is 5. The zero-order valence-electron chi connectivity index (χ0n) is 14.6. The molecule has 7 nitrogen and oxygen atoms in total. The molecule has 2 amide bonds. The Morgan fingerprint density at radius 1 is 1.30 bits per heavy atom. The van der Waals surface area contributed by atoms with Crippen molar-refractivity contribution in [3.05, 3.63) is 23.3 Å². The highest BCUT2D eigenvalue weighted by Crippen LogP contribution is 2.38. The van der Waals surface area contributed by atoms with Crippen LogP contribution in [0.2, 0.25) is 0 Å². The summed E-state index contributed by atoms with van der Waals surface area (Å²) in [6.45, 7) is 0.402. The molecule has 0 saturated carbocycles.